The van der Waals surface area contributed by atoms with Gasteiger partial charge in [0, 0.05) is 0 Å². The van der Waals surface area contributed by atoms with E-state index in [0.717, 1.165) is 12.8 Å². The van der Waals surface area contributed by atoms with E-state index in [4.69, 9.17) is 4.74 Å². The van der Waals surface area contributed by atoms with Crippen molar-refractivity contribution in [1.82, 2.24) is 0 Å². The van der Waals surface area contributed by atoms with E-state index in [-0.39, 0.29) is 0 Å². The summed E-state index contributed by atoms with van der Waals surface area (Å²) in [5, 5.41) is 0. The summed E-state index contributed by atoms with van der Waals surface area (Å²) in [5.74, 6) is 0. The molecule has 0 spiro atoms. The quantitative estimate of drug-likeness (QED) is 0.717. The summed E-state index contributed by atoms with van der Waals surface area (Å²) in [7, 11) is 0. The molecule has 0 saturated carbocycles. The second kappa shape index (κ2) is 9.72. The van der Waals surface area contributed by atoms with Crippen LogP contribution in [0.5, 0.6) is 0 Å². The summed E-state index contributed by atoms with van der Waals surface area (Å²) in [6.45, 7) is 8.53. The first-order valence-electron chi connectivity index (χ1n) is 5.86. The van der Waals surface area contributed by atoms with E-state index in [1.807, 2.05) is 36.4 Å². The van der Waals surface area contributed by atoms with Crippen molar-refractivity contribution in [1.29, 1.82) is 0 Å². The molecular weight excluding hydrogens is 184 g/mol. The first-order chi connectivity index (χ1) is 7.20. The Kier molecular flexibility index (Phi) is 9.19. The van der Waals surface area contributed by atoms with Gasteiger partial charge < -0.3 is 4.74 Å². The zero-order valence-electron chi connectivity index (χ0n) is 10.4. The third-order valence-electron chi connectivity index (χ3n) is 2.28. The minimum Gasteiger partial charge on any atom is -0.376 e. The largest absolute Gasteiger partial charge is 0.376 e. The average molecular weight is 208 g/mol. The second-order valence-electron chi connectivity index (χ2n) is 3.73. The molecule has 0 aliphatic heterocycles. The molecule has 0 fully saturated rings. The van der Waals surface area contributed by atoms with Gasteiger partial charge in [0.2, 0.25) is 0 Å². The molecule has 1 rings (SSSR count). The third-order valence-corrected chi connectivity index (χ3v) is 2.28. The van der Waals surface area contributed by atoms with Crippen molar-refractivity contribution < 1.29 is 4.74 Å². The third kappa shape index (κ3) is 9.48. The molecule has 0 bridgehead atoms. The lowest BCUT2D eigenvalue weighted by atomic mass is 10.3. The monoisotopic (exact) mass is 208 g/mol. The summed E-state index contributed by atoms with van der Waals surface area (Å²) in [6, 6.07) is 12.0. The molecule has 2 unspecified atom stereocenters. The van der Waals surface area contributed by atoms with Gasteiger partial charge >= 0.3 is 0 Å². The fourth-order valence-corrected chi connectivity index (χ4v) is 0.974. The Morgan fingerprint density at radius 1 is 0.733 bits per heavy atom. The van der Waals surface area contributed by atoms with Gasteiger partial charge in [-0.2, -0.15) is 0 Å². The van der Waals surface area contributed by atoms with Gasteiger partial charge in [-0.05, 0) is 26.7 Å². The molecule has 0 aromatic heterocycles. The number of rotatable bonds is 4. The predicted octanol–water partition coefficient (Wildman–Crippen LogP) is 4.29. The van der Waals surface area contributed by atoms with E-state index < -0.39 is 0 Å². The number of ether oxygens (including phenoxy) is 1. The molecule has 0 heterocycles. The first kappa shape index (κ1) is 14.2. The highest BCUT2D eigenvalue weighted by molar-refractivity contribution is 4.99. The molecule has 0 aliphatic carbocycles. The molecule has 1 aromatic rings. The van der Waals surface area contributed by atoms with Gasteiger partial charge in [-0.3, -0.25) is 0 Å². The summed E-state index contributed by atoms with van der Waals surface area (Å²) in [5.41, 5.74) is 0. The van der Waals surface area contributed by atoms with Crippen molar-refractivity contribution in [3.8, 4) is 0 Å². The van der Waals surface area contributed by atoms with Crippen molar-refractivity contribution in [3.63, 3.8) is 0 Å². The van der Waals surface area contributed by atoms with E-state index in [1.54, 1.807) is 0 Å². The maximum absolute atomic E-state index is 5.55. The van der Waals surface area contributed by atoms with Gasteiger partial charge in [0.15, 0.2) is 0 Å². The highest BCUT2D eigenvalue weighted by Crippen LogP contribution is 2.03. The Labute approximate surface area is 94.5 Å². The lowest BCUT2D eigenvalue weighted by molar-refractivity contribution is 0.00511. The van der Waals surface area contributed by atoms with Crippen molar-refractivity contribution in [2.24, 2.45) is 0 Å². The first-order valence-corrected chi connectivity index (χ1v) is 5.86. The van der Waals surface area contributed by atoms with Crippen LogP contribution >= 0.6 is 0 Å². The SMILES string of the molecule is CCC(C)OC(C)CC.c1ccccc1. The highest BCUT2D eigenvalue weighted by Gasteiger charge is 2.02. The van der Waals surface area contributed by atoms with Gasteiger partial charge in [0.05, 0.1) is 12.2 Å². The van der Waals surface area contributed by atoms with Crippen LogP contribution in [0, 0.1) is 0 Å². The molecule has 0 aliphatic rings. The topological polar surface area (TPSA) is 9.23 Å². The molecule has 1 aromatic carbocycles. The smallest absolute Gasteiger partial charge is 0.0548 e. The number of hydrogen-bond acceptors (Lipinski definition) is 1. The average Bonchev–Trinajstić information content (AvgIpc) is 2.31. The maximum atomic E-state index is 5.55. The second-order valence-corrected chi connectivity index (χ2v) is 3.73. The predicted molar refractivity (Wildman–Crippen MR) is 67.0 cm³/mol. The summed E-state index contributed by atoms with van der Waals surface area (Å²) >= 11 is 0. The van der Waals surface area contributed by atoms with Crippen molar-refractivity contribution in [2.45, 2.75) is 52.7 Å². The van der Waals surface area contributed by atoms with Crippen LogP contribution in [0.1, 0.15) is 40.5 Å². The van der Waals surface area contributed by atoms with Crippen LogP contribution in [0.4, 0.5) is 0 Å². The van der Waals surface area contributed by atoms with Gasteiger partial charge in [-0.15, -0.1) is 0 Å². The van der Waals surface area contributed by atoms with Gasteiger partial charge in [0.1, 0.15) is 0 Å². The molecule has 15 heavy (non-hydrogen) atoms. The Morgan fingerprint density at radius 3 is 1.20 bits per heavy atom. The molecule has 86 valence electrons. The van der Waals surface area contributed by atoms with E-state index in [0.29, 0.717) is 12.2 Å². The molecule has 0 N–H and O–H groups in total. The summed E-state index contributed by atoms with van der Waals surface area (Å²) in [4.78, 5) is 0. The zero-order valence-corrected chi connectivity index (χ0v) is 10.4. The van der Waals surface area contributed by atoms with Crippen molar-refractivity contribution in [3.05, 3.63) is 36.4 Å². The molecule has 2 atom stereocenters. The minimum absolute atomic E-state index is 0.431. The van der Waals surface area contributed by atoms with Crippen LogP contribution in [0.3, 0.4) is 0 Å². The van der Waals surface area contributed by atoms with Gasteiger partial charge in [-0.25, -0.2) is 0 Å². The standard InChI is InChI=1S/C8H18O.C6H6/c1-5-7(3)9-8(4)6-2;1-2-4-6-5-3-1/h7-8H,5-6H2,1-4H3;1-6H. The van der Waals surface area contributed by atoms with E-state index in [9.17, 15) is 0 Å². The lowest BCUT2D eigenvalue weighted by Crippen LogP contribution is -2.14. The Balaban J connectivity index is 0.000000280. The van der Waals surface area contributed by atoms with E-state index in [1.165, 1.54) is 0 Å². The molecule has 0 amide bonds. The Bertz CT molecular complexity index is 173. The van der Waals surface area contributed by atoms with Crippen LogP contribution in [0.15, 0.2) is 36.4 Å². The normalized spacial score (nSPS) is 13.6. The fourth-order valence-electron chi connectivity index (χ4n) is 0.974. The molecule has 1 heteroatoms. The van der Waals surface area contributed by atoms with Gasteiger partial charge in [0.25, 0.3) is 0 Å². The molecule has 1 nitrogen and oxygen atoms in total. The maximum Gasteiger partial charge on any atom is 0.0548 e. The Hall–Kier alpha value is -0.820. The van der Waals surface area contributed by atoms with E-state index in [2.05, 4.69) is 27.7 Å². The zero-order chi connectivity index (χ0) is 11.5. The van der Waals surface area contributed by atoms with Crippen molar-refractivity contribution in [2.75, 3.05) is 0 Å². The Morgan fingerprint density at radius 2 is 1.00 bits per heavy atom. The van der Waals surface area contributed by atoms with Crippen molar-refractivity contribution >= 4 is 0 Å². The van der Waals surface area contributed by atoms with Crippen LogP contribution in [-0.4, -0.2) is 12.2 Å². The fraction of sp³-hybridized carbons (Fsp3) is 0.571. The minimum atomic E-state index is 0.431. The number of hydrogen-bond donors (Lipinski definition) is 0. The van der Waals surface area contributed by atoms with Gasteiger partial charge in [-0.1, -0.05) is 50.2 Å². The van der Waals surface area contributed by atoms with Crippen LogP contribution < -0.4 is 0 Å². The summed E-state index contributed by atoms with van der Waals surface area (Å²) in [6.07, 6.45) is 3.09. The van der Waals surface area contributed by atoms with Crippen LogP contribution in [0.25, 0.3) is 0 Å². The lowest BCUT2D eigenvalue weighted by Gasteiger charge is -2.15. The number of benzene rings is 1. The van der Waals surface area contributed by atoms with Crippen LogP contribution in [0.2, 0.25) is 0 Å². The molecule has 0 radical (unpaired) electrons. The van der Waals surface area contributed by atoms with Crippen LogP contribution in [-0.2, 0) is 4.74 Å². The van der Waals surface area contributed by atoms with E-state index >= 15 is 0 Å². The highest BCUT2D eigenvalue weighted by atomic mass is 16.5. The molecular formula is C14H24O. The summed E-state index contributed by atoms with van der Waals surface area (Å²) < 4.78 is 5.55. The molecule has 0 saturated heterocycles.